The number of carbonyl (C=O) groups is 3. The molecule has 0 radical (unpaired) electrons. The van der Waals surface area contributed by atoms with Crippen molar-refractivity contribution in [2.24, 2.45) is 0 Å². The molecular weight excluding hydrogens is 496 g/mol. The summed E-state index contributed by atoms with van der Waals surface area (Å²) in [6, 6.07) is 27.4. The largest absolute Gasteiger partial charge is 0.489 e. The molecule has 1 N–H and O–H groups in total. The molecule has 6 nitrogen and oxygen atoms in total. The Hall–Kier alpha value is -4.36. The molecule has 0 spiro atoms. The molecule has 1 aliphatic heterocycles. The van der Waals surface area contributed by atoms with Gasteiger partial charge < -0.3 is 10.1 Å². The first-order valence-electron chi connectivity index (χ1n) is 12.2. The third-order valence-electron chi connectivity index (χ3n) is 6.37. The number of para-hydroxylation sites is 1. The zero-order chi connectivity index (χ0) is 26.6. The van der Waals surface area contributed by atoms with Gasteiger partial charge in [-0.1, -0.05) is 72.8 Å². The standard InChI is InChI=1S/C31H26N2O4S/c1-20-7-5-8-21(2)29(20)32-28(34)18-33-30(35)27(38-31(33)36)17-22-13-15-25(16-14-22)37-19-24-11-6-10-23-9-3-4-12-26(23)24/h3-17H,18-19H2,1-2H3,(H,32,34)/b27-17+. The van der Waals surface area contributed by atoms with Crippen LogP contribution in [0.5, 0.6) is 5.75 Å². The van der Waals surface area contributed by atoms with Crippen molar-refractivity contribution in [1.29, 1.82) is 0 Å². The van der Waals surface area contributed by atoms with Crippen LogP contribution in [0.2, 0.25) is 0 Å². The summed E-state index contributed by atoms with van der Waals surface area (Å²) in [5.74, 6) is -0.196. The summed E-state index contributed by atoms with van der Waals surface area (Å²) in [4.78, 5) is 39.2. The lowest BCUT2D eigenvalue weighted by Crippen LogP contribution is -2.36. The molecule has 7 heteroatoms. The molecule has 190 valence electrons. The lowest BCUT2D eigenvalue weighted by atomic mass is 10.1. The number of nitrogens with one attached hydrogen (secondary N) is 1. The minimum Gasteiger partial charge on any atom is -0.489 e. The van der Waals surface area contributed by atoms with Crippen molar-refractivity contribution in [3.8, 4) is 5.75 Å². The summed E-state index contributed by atoms with van der Waals surface area (Å²) in [6.07, 6.45) is 1.66. The topological polar surface area (TPSA) is 75.7 Å². The van der Waals surface area contributed by atoms with Gasteiger partial charge in [-0.25, -0.2) is 0 Å². The van der Waals surface area contributed by atoms with E-state index in [4.69, 9.17) is 4.74 Å². The fraction of sp³-hybridized carbons (Fsp3) is 0.129. The van der Waals surface area contributed by atoms with Gasteiger partial charge in [-0.15, -0.1) is 0 Å². The molecule has 0 bridgehead atoms. The van der Waals surface area contributed by atoms with Crippen LogP contribution in [-0.2, 0) is 16.2 Å². The third-order valence-corrected chi connectivity index (χ3v) is 7.28. The number of ether oxygens (including phenoxy) is 1. The van der Waals surface area contributed by atoms with Crippen LogP contribution in [0.15, 0.2) is 89.8 Å². The minimum absolute atomic E-state index is 0.277. The molecule has 4 aromatic carbocycles. The summed E-state index contributed by atoms with van der Waals surface area (Å²) in [5.41, 5.74) is 4.38. The van der Waals surface area contributed by atoms with Crippen LogP contribution in [0.3, 0.4) is 0 Å². The molecule has 0 aliphatic carbocycles. The molecule has 1 fully saturated rings. The number of hydrogen-bond donors (Lipinski definition) is 1. The lowest BCUT2D eigenvalue weighted by molar-refractivity contribution is -0.127. The van der Waals surface area contributed by atoms with Gasteiger partial charge >= 0.3 is 0 Å². The fourth-order valence-corrected chi connectivity index (χ4v) is 5.20. The van der Waals surface area contributed by atoms with Crippen LogP contribution < -0.4 is 10.1 Å². The van der Waals surface area contributed by atoms with Crippen LogP contribution >= 0.6 is 11.8 Å². The number of rotatable bonds is 7. The van der Waals surface area contributed by atoms with Crippen LogP contribution in [0.1, 0.15) is 22.3 Å². The molecule has 0 atom stereocenters. The van der Waals surface area contributed by atoms with Crippen molar-refractivity contribution in [1.82, 2.24) is 4.90 Å². The quantitative estimate of drug-likeness (QED) is 0.273. The SMILES string of the molecule is Cc1cccc(C)c1NC(=O)CN1C(=O)S/C(=C/c2ccc(OCc3cccc4ccccc34)cc2)C1=O. The average molecular weight is 523 g/mol. The Morgan fingerprint density at radius 2 is 1.58 bits per heavy atom. The molecule has 4 aromatic rings. The van der Waals surface area contributed by atoms with Crippen molar-refractivity contribution in [2.45, 2.75) is 20.5 Å². The zero-order valence-corrected chi connectivity index (χ0v) is 21.9. The van der Waals surface area contributed by atoms with Gasteiger partial charge in [0.1, 0.15) is 18.9 Å². The van der Waals surface area contributed by atoms with Gasteiger partial charge in [0.15, 0.2) is 0 Å². The van der Waals surface area contributed by atoms with Crippen LogP contribution in [0, 0.1) is 13.8 Å². The van der Waals surface area contributed by atoms with E-state index < -0.39 is 17.1 Å². The summed E-state index contributed by atoms with van der Waals surface area (Å²) < 4.78 is 5.99. The summed E-state index contributed by atoms with van der Waals surface area (Å²) in [7, 11) is 0. The zero-order valence-electron chi connectivity index (χ0n) is 21.1. The highest BCUT2D eigenvalue weighted by Gasteiger charge is 2.36. The fourth-order valence-electron chi connectivity index (χ4n) is 4.36. The molecular formula is C31H26N2O4S. The highest BCUT2D eigenvalue weighted by molar-refractivity contribution is 8.18. The maximum absolute atomic E-state index is 12.9. The number of thioether (sulfide) groups is 1. The molecule has 0 saturated carbocycles. The monoisotopic (exact) mass is 522 g/mol. The van der Waals surface area contributed by atoms with E-state index >= 15 is 0 Å². The molecule has 0 unspecified atom stereocenters. The van der Waals surface area contributed by atoms with Crippen molar-refractivity contribution in [2.75, 3.05) is 11.9 Å². The molecule has 1 saturated heterocycles. The van der Waals surface area contributed by atoms with E-state index in [2.05, 4.69) is 29.6 Å². The Balaban J connectivity index is 1.22. The number of anilines is 1. The second-order valence-electron chi connectivity index (χ2n) is 9.08. The van der Waals surface area contributed by atoms with E-state index in [1.165, 1.54) is 5.39 Å². The number of fused-ring (bicyclic) bond motifs is 1. The van der Waals surface area contributed by atoms with Crippen LogP contribution in [0.25, 0.3) is 16.8 Å². The Morgan fingerprint density at radius 3 is 2.34 bits per heavy atom. The number of benzene rings is 4. The highest BCUT2D eigenvalue weighted by Crippen LogP contribution is 2.32. The van der Waals surface area contributed by atoms with Crippen molar-refractivity contribution in [3.63, 3.8) is 0 Å². The first-order chi connectivity index (χ1) is 18.4. The van der Waals surface area contributed by atoms with Crippen LogP contribution in [0.4, 0.5) is 10.5 Å². The third kappa shape index (κ3) is 5.48. The number of aryl methyl sites for hydroxylation is 2. The first kappa shape index (κ1) is 25.3. The van der Waals surface area contributed by atoms with E-state index in [1.54, 1.807) is 6.08 Å². The molecule has 1 aliphatic rings. The van der Waals surface area contributed by atoms with Gasteiger partial charge in [0, 0.05) is 5.69 Å². The molecule has 1 heterocycles. The van der Waals surface area contributed by atoms with Crippen molar-refractivity contribution < 1.29 is 19.1 Å². The van der Waals surface area contributed by atoms with E-state index in [1.807, 2.05) is 74.5 Å². The van der Waals surface area contributed by atoms with Gasteiger partial charge in [0.25, 0.3) is 11.1 Å². The normalized spacial score (nSPS) is 14.4. The molecule has 0 aromatic heterocycles. The van der Waals surface area contributed by atoms with Gasteiger partial charge in [-0.3, -0.25) is 19.3 Å². The van der Waals surface area contributed by atoms with Crippen LogP contribution in [-0.4, -0.2) is 28.5 Å². The van der Waals surface area contributed by atoms with E-state index in [0.29, 0.717) is 18.0 Å². The van der Waals surface area contributed by atoms with E-state index in [0.717, 1.165) is 44.3 Å². The minimum atomic E-state index is -0.479. The number of amides is 3. The predicted octanol–water partition coefficient (Wildman–Crippen LogP) is 6.71. The lowest BCUT2D eigenvalue weighted by Gasteiger charge is -2.15. The smallest absolute Gasteiger partial charge is 0.294 e. The first-order valence-corrected chi connectivity index (χ1v) is 13.0. The van der Waals surface area contributed by atoms with Crippen molar-refractivity contribution >= 4 is 51.4 Å². The molecule has 38 heavy (non-hydrogen) atoms. The number of imide groups is 1. The number of hydrogen-bond acceptors (Lipinski definition) is 5. The number of nitrogens with zero attached hydrogens (tertiary/aromatic N) is 1. The average Bonchev–Trinajstić information content (AvgIpc) is 3.17. The highest BCUT2D eigenvalue weighted by atomic mass is 32.2. The second kappa shape index (κ2) is 10.9. The second-order valence-corrected chi connectivity index (χ2v) is 10.1. The Bertz CT molecular complexity index is 1550. The van der Waals surface area contributed by atoms with Gasteiger partial charge in [0.05, 0.1) is 4.91 Å². The molecule has 5 rings (SSSR count). The van der Waals surface area contributed by atoms with Gasteiger partial charge in [-0.2, -0.15) is 0 Å². The van der Waals surface area contributed by atoms with Gasteiger partial charge in [-0.05, 0) is 76.8 Å². The Labute approximate surface area is 225 Å². The number of carbonyl (C=O) groups excluding carboxylic acids is 3. The summed E-state index contributed by atoms with van der Waals surface area (Å²) >= 11 is 0.831. The predicted molar refractivity (Wildman–Crippen MR) is 152 cm³/mol. The Kier molecular flexibility index (Phi) is 7.29. The maximum Gasteiger partial charge on any atom is 0.294 e. The molecule has 3 amide bonds. The summed E-state index contributed by atoms with van der Waals surface area (Å²) in [6.45, 7) is 3.89. The van der Waals surface area contributed by atoms with E-state index in [9.17, 15) is 14.4 Å². The van der Waals surface area contributed by atoms with Crippen molar-refractivity contribution in [3.05, 3.63) is 112 Å². The van der Waals surface area contributed by atoms with E-state index in [-0.39, 0.29) is 11.4 Å². The Morgan fingerprint density at radius 1 is 0.895 bits per heavy atom. The van der Waals surface area contributed by atoms with Gasteiger partial charge in [0.2, 0.25) is 5.91 Å². The summed E-state index contributed by atoms with van der Waals surface area (Å²) in [5, 5.41) is 4.68. The maximum atomic E-state index is 12.9.